The molecule has 1 fully saturated rings. The molecule has 0 aliphatic heterocycles. The van der Waals surface area contributed by atoms with Crippen molar-refractivity contribution in [3.63, 3.8) is 0 Å². The Hall–Kier alpha value is -2.22. The molecule has 1 aliphatic rings. The van der Waals surface area contributed by atoms with Crippen molar-refractivity contribution in [1.82, 2.24) is 9.97 Å². The van der Waals surface area contributed by atoms with Crippen LogP contribution in [0.5, 0.6) is 0 Å². The molecule has 1 aromatic heterocycles. The monoisotopic (exact) mass is 380 g/mol. The Morgan fingerprint density at radius 3 is 2.78 bits per heavy atom. The van der Waals surface area contributed by atoms with Crippen LogP contribution in [0.25, 0.3) is 0 Å². The molecule has 1 heterocycles. The van der Waals surface area contributed by atoms with Gasteiger partial charge in [-0.3, -0.25) is 4.79 Å². The van der Waals surface area contributed by atoms with Gasteiger partial charge in [-0.2, -0.15) is 4.98 Å². The van der Waals surface area contributed by atoms with Crippen LogP contribution in [0, 0.1) is 5.82 Å². The lowest BCUT2D eigenvalue weighted by atomic mass is 10.2. The first-order valence-electron chi connectivity index (χ1n) is 7.08. The number of rotatable bonds is 6. The van der Waals surface area contributed by atoms with Crippen molar-refractivity contribution >= 4 is 39.4 Å². The van der Waals surface area contributed by atoms with Gasteiger partial charge in [0.15, 0.2) is 0 Å². The van der Waals surface area contributed by atoms with E-state index in [0.29, 0.717) is 21.9 Å². The van der Waals surface area contributed by atoms with E-state index in [1.54, 1.807) is 6.07 Å². The van der Waals surface area contributed by atoms with E-state index in [-0.39, 0.29) is 18.3 Å². The zero-order valence-electron chi connectivity index (χ0n) is 12.0. The molecule has 3 rings (SSSR count). The Morgan fingerprint density at radius 1 is 1.35 bits per heavy atom. The first-order chi connectivity index (χ1) is 11.0. The Labute approximate surface area is 140 Å². The van der Waals surface area contributed by atoms with E-state index in [2.05, 4.69) is 36.5 Å². The molecule has 1 aliphatic carbocycles. The quantitative estimate of drug-likeness (QED) is 0.710. The van der Waals surface area contributed by atoms with Crippen molar-refractivity contribution in [2.24, 2.45) is 0 Å². The number of anilines is 3. The second-order valence-electron chi connectivity index (χ2n) is 5.27. The van der Waals surface area contributed by atoms with Gasteiger partial charge in [0.05, 0.1) is 11.4 Å². The smallest absolute Gasteiger partial charge is 0.322 e. The molecule has 1 aromatic carbocycles. The van der Waals surface area contributed by atoms with Crippen molar-refractivity contribution in [1.29, 1.82) is 0 Å². The molecular weight excluding hydrogens is 367 g/mol. The Bertz CT molecular complexity index is 752. The van der Waals surface area contributed by atoms with Gasteiger partial charge in [-0.25, -0.2) is 9.37 Å². The Morgan fingerprint density at radius 2 is 2.13 bits per heavy atom. The van der Waals surface area contributed by atoms with Gasteiger partial charge >= 0.3 is 5.97 Å². The van der Waals surface area contributed by atoms with E-state index < -0.39 is 5.97 Å². The third-order valence-corrected chi connectivity index (χ3v) is 3.99. The lowest BCUT2D eigenvalue weighted by molar-refractivity contribution is -0.134. The number of halogens is 2. The number of nitrogens with one attached hydrogen (secondary N) is 2. The number of carbonyl (C=O) groups is 1. The minimum atomic E-state index is -0.985. The molecule has 8 heteroatoms. The molecule has 0 bridgehead atoms. The van der Waals surface area contributed by atoms with Gasteiger partial charge in [-0.1, -0.05) is 0 Å². The minimum Gasteiger partial charge on any atom is -0.480 e. The van der Waals surface area contributed by atoms with Crippen LogP contribution >= 0.6 is 15.9 Å². The van der Waals surface area contributed by atoms with Crippen LogP contribution in [-0.2, 0) is 4.79 Å². The number of hydrogen-bond acceptors (Lipinski definition) is 5. The molecule has 0 atom stereocenters. The predicted molar refractivity (Wildman–Crippen MR) is 87.5 cm³/mol. The fraction of sp³-hybridized carbons (Fsp3) is 0.267. The number of carboxylic acids is 1. The summed E-state index contributed by atoms with van der Waals surface area (Å²) in [5, 5.41) is 14.5. The maximum absolute atomic E-state index is 13.2. The van der Waals surface area contributed by atoms with Crippen LogP contribution in [-0.4, -0.2) is 27.6 Å². The summed E-state index contributed by atoms with van der Waals surface area (Å²) >= 11 is 3.29. The summed E-state index contributed by atoms with van der Waals surface area (Å²) < 4.78 is 13.7. The highest BCUT2D eigenvalue weighted by molar-refractivity contribution is 9.10. The summed E-state index contributed by atoms with van der Waals surface area (Å²) in [7, 11) is 0. The predicted octanol–water partition coefficient (Wildman–Crippen LogP) is 3.50. The maximum Gasteiger partial charge on any atom is 0.322 e. The minimum absolute atomic E-state index is 0.256. The fourth-order valence-corrected chi connectivity index (χ4v) is 2.53. The van der Waals surface area contributed by atoms with Gasteiger partial charge in [0.2, 0.25) is 5.95 Å². The molecule has 0 saturated heterocycles. The van der Waals surface area contributed by atoms with Crippen LogP contribution in [0.3, 0.4) is 0 Å². The first kappa shape index (κ1) is 15.7. The molecule has 2 aromatic rings. The van der Waals surface area contributed by atoms with Crippen LogP contribution in [0.15, 0.2) is 28.7 Å². The van der Waals surface area contributed by atoms with E-state index in [9.17, 15) is 9.18 Å². The average molecular weight is 381 g/mol. The number of benzene rings is 1. The van der Waals surface area contributed by atoms with Crippen molar-refractivity contribution in [3.8, 4) is 0 Å². The summed E-state index contributed by atoms with van der Waals surface area (Å²) in [6, 6.07) is 6.14. The van der Waals surface area contributed by atoms with E-state index in [1.807, 2.05) is 6.07 Å². The Balaban J connectivity index is 1.86. The van der Waals surface area contributed by atoms with Crippen molar-refractivity contribution in [2.45, 2.75) is 18.8 Å². The normalized spacial score (nSPS) is 13.7. The highest BCUT2D eigenvalue weighted by Crippen LogP contribution is 2.40. The van der Waals surface area contributed by atoms with Gasteiger partial charge in [0.25, 0.3) is 0 Å². The number of aromatic nitrogens is 2. The second kappa shape index (κ2) is 6.49. The van der Waals surface area contributed by atoms with Gasteiger partial charge < -0.3 is 15.7 Å². The van der Waals surface area contributed by atoms with Crippen molar-refractivity contribution in [3.05, 3.63) is 40.2 Å². The summed E-state index contributed by atoms with van der Waals surface area (Å²) in [6.07, 6.45) is 2.13. The van der Waals surface area contributed by atoms with E-state index in [0.717, 1.165) is 18.5 Å². The van der Waals surface area contributed by atoms with Gasteiger partial charge in [-0.05, 0) is 47.0 Å². The summed E-state index contributed by atoms with van der Waals surface area (Å²) in [5.74, 6) is -0.144. The highest BCUT2D eigenvalue weighted by Gasteiger charge is 2.26. The van der Waals surface area contributed by atoms with E-state index in [1.165, 1.54) is 12.1 Å². The van der Waals surface area contributed by atoms with Crippen molar-refractivity contribution in [2.75, 3.05) is 17.2 Å². The zero-order valence-corrected chi connectivity index (χ0v) is 13.6. The number of aliphatic carboxylic acids is 1. The Kier molecular flexibility index (Phi) is 4.42. The average Bonchev–Trinajstić information content (AvgIpc) is 3.33. The largest absolute Gasteiger partial charge is 0.480 e. The standard InChI is InChI=1S/C15H14BrFN4O2/c16-10-5-9(17)3-4-11(10)19-13-6-12(8-1-2-8)20-15(21-13)18-7-14(22)23/h3-6,8H,1-2,7H2,(H,22,23)(H2,18,19,20,21). The van der Waals surface area contributed by atoms with Crippen LogP contribution in [0.4, 0.5) is 21.8 Å². The van der Waals surface area contributed by atoms with E-state index >= 15 is 0 Å². The number of nitrogens with zero attached hydrogens (tertiary/aromatic N) is 2. The number of hydrogen-bond donors (Lipinski definition) is 3. The fourth-order valence-electron chi connectivity index (χ4n) is 2.08. The van der Waals surface area contributed by atoms with E-state index in [4.69, 9.17) is 5.11 Å². The summed E-state index contributed by atoms with van der Waals surface area (Å²) in [5.41, 5.74) is 1.53. The topological polar surface area (TPSA) is 87.1 Å². The molecule has 1 saturated carbocycles. The third-order valence-electron chi connectivity index (χ3n) is 3.33. The van der Waals surface area contributed by atoms with Gasteiger partial charge in [0.1, 0.15) is 18.2 Å². The molecule has 23 heavy (non-hydrogen) atoms. The molecule has 6 nitrogen and oxygen atoms in total. The molecule has 0 amide bonds. The molecule has 120 valence electrons. The lowest BCUT2D eigenvalue weighted by Crippen LogP contribution is -2.15. The SMILES string of the molecule is O=C(O)CNc1nc(Nc2ccc(F)cc2Br)cc(C2CC2)n1. The molecule has 0 radical (unpaired) electrons. The molecular formula is C15H14BrFN4O2. The maximum atomic E-state index is 13.2. The van der Waals surface area contributed by atoms with Crippen molar-refractivity contribution < 1.29 is 14.3 Å². The lowest BCUT2D eigenvalue weighted by Gasteiger charge is -2.11. The summed E-state index contributed by atoms with van der Waals surface area (Å²) in [6.45, 7) is -0.256. The van der Waals surface area contributed by atoms with Gasteiger partial charge in [0, 0.05) is 16.5 Å². The first-order valence-corrected chi connectivity index (χ1v) is 7.87. The highest BCUT2D eigenvalue weighted by atomic mass is 79.9. The molecule has 0 spiro atoms. The van der Waals surface area contributed by atoms with Crippen LogP contribution < -0.4 is 10.6 Å². The summed E-state index contributed by atoms with van der Waals surface area (Å²) in [4.78, 5) is 19.3. The van der Waals surface area contributed by atoms with Gasteiger partial charge in [-0.15, -0.1) is 0 Å². The van der Waals surface area contributed by atoms with Crippen LogP contribution in [0.1, 0.15) is 24.5 Å². The molecule has 0 unspecified atom stereocenters. The number of carboxylic acid groups (broad SMARTS) is 1. The molecule has 3 N–H and O–H groups in total. The zero-order chi connectivity index (χ0) is 16.4. The third kappa shape index (κ3) is 4.16. The second-order valence-corrected chi connectivity index (χ2v) is 6.13. The van der Waals surface area contributed by atoms with Crippen LogP contribution in [0.2, 0.25) is 0 Å².